The van der Waals surface area contributed by atoms with Crippen molar-refractivity contribution in [2.75, 3.05) is 6.54 Å². The van der Waals surface area contributed by atoms with Crippen molar-refractivity contribution in [3.8, 4) is 0 Å². The Bertz CT molecular complexity index is 595. The van der Waals surface area contributed by atoms with Gasteiger partial charge in [-0.05, 0) is 43.7 Å². The number of carboxylic acid groups (broad SMARTS) is 1. The minimum atomic E-state index is -1.00. The van der Waals surface area contributed by atoms with Crippen molar-refractivity contribution in [3.05, 3.63) is 35.9 Å². The molecule has 0 radical (unpaired) electrons. The van der Waals surface area contributed by atoms with Crippen molar-refractivity contribution in [1.29, 1.82) is 0 Å². The van der Waals surface area contributed by atoms with Crippen molar-refractivity contribution in [3.63, 3.8) is 0 Å². The molecule has 1 amide bonds. The standard InChI is InChI=1S/C18H23NO6/c1-12(24-17(22)15-5-3-2-4-6-15)25-18(23)19-11-13-7-9-14(10-8-13)16(20)21/h2-6,12-14H,7-11H2,1H3,(H,19,23)(H,20,21)/t12?,13-,14-. The van der Waals surface area contributed by atoms with Crippen molar-refractivity contribution in [2.45, 2.75) is 38.9 Å². The summed E-state index contributed by atoms with van der Waals surface area (Å²) in [5, 5.41) is 11.6. The molecule has 1 aromatic carbocycles. The van der Waals surface area contributed by atoms with Crippen LogP contribution >= 0.6 is 0 Å². The van der Waals surface area contributed by atoms with Gasteiger partial charge in [-0.3, -0.25) is 4.79 Å². The predicted octanol–water partition coefficient (Wildman–Crippen LogP) is 2.81. The summed E-state index contributed by atoms with van der Waals surface area (Å²) in [4.78, 5) is 34.5. The maximum atomic E-state index is 11.8. The number of alkyl carbamates (subject to hydrolysis) is 1. The first-order valence-corrected chi connectivity index (χ1v) is 8.39. The Balaban J connectivity index is 1.66. The minimum Gasteiger partial charge on any atom is -0.481 e. The van der Waals surface area contributed by atoms with E-state index in [0.29, 0.717) is 24.9 Å². The quantitative estimate of drug-likeness (QED) is 0.605. The fourth-order valence-corrected chi connectivity index (χ4v) is 2.85. The zero-order valence-electron chi connectivity index (χ0n) is 14.1. The Morgan fingerprint density at radius 2 is 1.76 bits per heavy atom. The molecule has 1 saturated carbocycles. The second-order valence-corrected chi connectivity index (χ2v) is 6.18. The van der Waals surface area contributed by atoms with Crippen LogP contribution in [-0.4, -0.2) is 36.0 Å². The van der Waals surface area contributed by atoms with Gasteiger partial charge in [0.15, 0.2) is 0 Å². The maximum Gasteiger partial charge on any atom is 0.410 e. The van der Waals surface area contributed by atoms with Gasteiger partial charge in [0, 0.05) is 13.5 Å². The number of ether oxygens (including phenoxy) is 2. The first kappa shape index (κ1) is 18.8. The monoisotopic (exact) mass is 349 g/mol. The van der Waals surface area contributed by atoms with E-state index >= 15 is 0 Å². The lowest BCUT2D eigenvalue weighted by molar-refractivity contribution is -0.143. The van der Waals surface area contributed by atoms with Crippen molar-refractivity contribution < 1.29 is 29.0 Å². The van der Waals surface area contributed by atoms with Gasteiger partial charge in [0.2, 0.25) is 6.29 Å². The molecule has 7 heteroatoms. The number of amides is 1. The van der Waals surface area contributed by atoms with Gasteiger partial charge in [-0.25, -0.2) is 9.59 Å². The van der Waals surface area contributed by atoms with Gasteiger partial charge >= 0.3 is 18.0 Å². The number of hydrogen-bond donors (Lipinski definition) is 2. The average Bonchev–Trinajstić information content (AvgIpc) is 2.61. The van der Waals surface area contributed by atoms with Gasteiger partial charge in [-0.2, -0.15) is 0 Å². The highest BCUT2D eigenvalue weighted by Crippen LogP contribution is 2.28. The number of rotatable bonds is 6. The fraction of sp³-hybridized carbons (Fsp3) is 0.500. The lowest BCUT2D eigenvalue weighted by atomic mass is 9.82. The number of aliphatic carboxylic acids is 1. The first-order chi connectivity index (χ1) is 12.0. The van der Waals surface area contributed by atoms with Crippen LogP contribution < -0.4 is 5.32 Å². The van der Waals surface area contributed by atoms with E-state index in [1.807, 2.05) is 0 Å². The van der Waals surface area contributed by atoms with E-state index in [9.17, 15) is 14.4 Å². The molecule has 2 N–H and O–H groups in total. The van der Waals surface area contributed by atoms with Gasteiger partial charge in [0.1, 0.15) is 0 Å². The summed E-state index contributed by atoms with van der Waals surface area (Å²) in [5.74, 6) is -1.35. The molecule has 1 fully saturated rings. The molecule has 0 bridgehead atoms. The average molecular weight is 349 g/mol. The molecule has 136 valence electrons. The van der Waals surface area contributed by atoms with E-state index in [1.165, 1.54) is 6.92 Å². The molecule has 1 aromatic rings. The van der Waals surface area contributed by atoms with Gasteiger partial charge in [-0.15, -0.1) is 0 Å². The number of benzene rings is 1. The van der Waals surface area contributed by atoms with E-state index in [1.54, 1.807) is 30.3 Å². The summed E-state index contributed by atoms with van der Waals surface area (Å²) >= 11 is 0. The molecule has 0 saturated heterocycles. The summed E-state index contributed by atoms with van der Waals surface area (Å²) in [5.41, 5.74) is 0.383. The fourth-order valence-electron chi connectivity index (χ4n) is 2.85. The topological polar surface area (TPSA) is 102 Å². The van der Waals surface area contributed by atoms with E-state index in [2.05, 4.69) is 5.32 Å². The number of esters is 1. The Hall–Kier alpha value is -2.57. The van der Waals surface area contributed by atoms with E-state index in [4.69, 9.17) is 14.6 Å². The number of hydrogen-bond acceptors (Lipinski definition) is 5. The predicted molar refractivity (Wildman–Crippen MR) is 88.9 cm³/mol. The van der Waals surface area contributed by atoms with Crippen LogP contribution in [0, 0.1) is 11.8 Å². The van der Waals surface area contributed by atoms with Crippen LogP contribution in [0.4, 0.5) is 4.79 Å². The van der Waals surface area contributed by atoms with Crippen LogP contribution in [0.5, 0.6) is 0 Å². The van der Waals surface area contributed by atoms with Crippen molar-refractivity contribution >= 4 is 18.0 Å². The van der Waals surface area contributed by atoms with E-state index in [0.717, 1.165) is 12.8 Å². The molecule has 1 unspecified atom stereocenters. The van der Waals surface area contributed by atoms with Gasteiger partial charge in [0.25, 0.3) is 0 Å². The van der Waals surface area contributed by atoms with Crippen LogP contribution in [-0.2, 0) is 14.3 Å². The second-order valence-electron chi connectivity index (χ2n) is 6.18. The molecular weight excluding hydrogens is 326 g/mol. The van der Waals surface area contributed by atoms with Crippen molar-refractivity contribution in [1.82, 2.24) is 5.32 Å². The first-order valence-electron chi connectivity index (χ1n) is 8.39. The van der Waals surface area contributed by atoms with Gasteiger partial charge in [-0.1, -0.05) is 18.2 Å². The molecule has 0 aromatic heterocycles. The Morgan fingerprint density at radius 1 is 1.12 bits per heavy atom. The molecule has 25 heavy (non-hydrogen) atoms. The Kier molecular flexibility index (Phi) is 6.80. The molecule has 1 aliphatic rings. The zero-order chi connectivity index (χ0) is 18.2. The lowest BCUT2D eigenvalue weighted by Crippen LogP contribution is -2.35. The lowest BCUT2D eigenvalue weighted by Gasteiger charge is -2.26. The third-order valence-corrected chi connectivity index (χ3v) is 4.29. The molecule has 1 aliphatic carbocycles. The van der Waals surface area contributed by atoms with E-state index < -0.39 is 24.3 Å². The smallest absolute Gasteiger partial charge is 0.410 e. The maximum absolute atomic E-state index is 11.8. The van der Waals surface area contributed by atoms with Gasteiger partial charge in [0.05, 0.1) is 11.5 Å². The third kappa shape index (κ3) is 6.10. The zero-order valence-corrected chi connectivity index (χ0v) is 14.1. The molecule has 0 spiro atoms. The highest BCUT2D eigenvalue weighted by atomic mass is 16.7. The number of nitrogens with one attached hydrogen (secondary N) is 1. The van der Waals surface area contributed by atoms with Crippen molar-refractivity contribution in [2.24, 2.45) is 11.8 Å². The summed E-state index contributed by atoms with van der Waals surface area (Å²) < 4.78 is 10.1. The molecule has 7 nitrogen and oxygen atoms in total. The largest absolute Gasteiger partial charge is 0.481 e. The van der Waals surface area contributed by atoms with Crippen LogP contribution in [0.3, 0.4) is 0 Å². The number of carbonyl (C=O) groups excluding carboxylic acids is 2. The summed E-state index contributed by atoms with van der Waals surface area (Å²) in [6.07, 6.45) is 1.11. The Morgan fingerprint density at radius 3 is 2.36 bits per heavy atom. The molecule has 0 heterocycles. The highest BCUT2D eigenvalue weighted by Gasteiger charge is 2.26. The third-order valence-electron chi connectivity index (χ3n) is 4.29. The summed E-state index contributed by atoms with van der Waals surface area (Å²) in [7, 11) is 0. The molecule has 1 atom stereocenters. The van der Waals surface area contributed by atoms with Gasteiger partial charge < -0.3 is 19.9 Å². The highest BCUT2D eigenvalue weighted by molar-refractivity contribution is 5.89. The number of carboxylic acids is 1. The van der Waals surface area contributed by atoms with Crippen LogP contribution in [0.1, 0.15) is 43.0 Å². The van der Waals surface area contributed by atoms with E-state index in [-0.39, 0.29) is 11.8 Å². The summed E-state index contributed by atoms with van der Waals surface area (Å²) in [6, 6.07) is 8.45. The molecular formula is C18H23NO6. The molecule has 2 rings (SSSR count). The SMILES string of the molecule is CC(OC(=O)NC[C@H]1CC[C@H](C(=O)O)CC1)OC(=O)c1ccccc1. The van der Waals surface area contributed by atoms with Crippen LogP contribution in [0.25, 0.3) is 0 Å². The summed E-state index contributed by atoms with van der Waals surface area (Å²) in [6.45, 7) is 1.89. The van der Waals surface area contributed by atoms with Crippen LogP contribution in [0.15, 0.2) is 30.3 Å². The minimum absolute atomic E-state index is 0.241. The normalized spacial score (nSPS) is 21.0. The molecule has 0 aliphatic heterocycles. The second kappa shape index (κ2) is 9.05. The Labute approximate surface area is 146 Å². The number of carbonyl (C=O) groups is 3. The van der Waals surface area contributed by atoms with Crippen LogP contribution in [0.2, 0.25) is 0 Å².